The molecule has 1 N–H and O–H groups in total. The number of ether oxygens (including phenoxy) is 2. The van der Waals surface area contributed by atoms with E-state index in [0.717, 1.165) is 44.6 Å². The molecule has 0 aromatic carbocycles. The minimum absolute atomic E-state index is 0.0859. The fourth-order valence-corrected chi connectivity index (χ4v) is 6.58. The van der Waals surface area contributed by atoms with Gasteiger partial charge in [-0.05, 0) is 51.2 Å². The Hall–Kier alpha value is -1.04. The smallest absolute Gasteiger partial charge is 0.107 e. The van der Waals surface area contributed by atoms with Crippen molar-refractivity contribution in [2.45, 2.75) is 75.3 Å². The number of hydrogen-bond acceptors (Lipinski definition) is 5. The normalized spacial score (nSPS) is 28.1. The summed E-state index contributed by atoms with van der Waals surface area (Å²) in [5.41, 5.74) is 1.45. The van der Waals surface area contributed by atoms with E-state index in [1.807, 2.05) is 24.0 Å². The van der Waals surface area contributed by atoms with Crippen molar-refractivity contribution in [3.05, 3.63) is 40.8 Å². The number of nitrogens with one attached hydrogen (secondary N) is 1. The fourth-order valence-electron chi connectivity index (χ4n) is 5.51. The summed E-state index contributed by atoms with van der Waals surface area (Å²) in [6.07, 6.45) is 11.3. The molecule has 3 aliphatic rings. The molecule has 1 aliphatic carbocycles. The zero-order valence-electron chi connectivity index (χ0n) is 17.3. The Balaban J connectivity index is 1.50. The molecule has 1 aromatic rings. The van der Waals surface area contributed by atoms with Crippen LogP contribution >= 0.6 is 11.8 Å². The Morgan fingerprint density at radius 2 is 2.14 bits per heavy atom. The maximum atomic E-state index is 6.38. The third-order valence-corrected chi connectivity index (χ3v) is 7.97. The van der Waals surface area contributed by atoms with Gasteiger partial charge in [-0.15, -0.1) is 11.8 Å². The lowest BCUT2D eigenvalue weighted by molar-refractivity contribution is -0.105. The van der Waals surface area contributed by atoms with Gasteiger partial charge in [0.25, 0.3) is 0 Å². The number of allylic oxidation sites excluding steroid dienone is 1. The number of hydrogen-bond donors (Lipinski definition) is 1. The summed E-state index contributed by atoms with van der Waals surface area (Å²) >= 11 is 1.93. The van der Waals surface area contributed by atoms with Gasteiger partial charge in [0.2, 0.25) is 0 Å². The maximum absolute atomic E-state index is 6.38. The Morgan fingerprint density at radius 1 is 1.29 bits per heavy atom. The molecule has 2 atom stereocenters. The number of thioether (sulfide) groups is 1. The number of nitrogens with zero attached hydrogens (tertiary/aromatic N) is 1. The standard InChI is InChI=1S/C23H34N2O2S/c1-18(25-16-20-19(26-2)8-14-28-20)15-22(21-7-3-6-12-24-21)11-13-27-23(17-22)9-4-5-10-23/h3,6-7,12,18,25H,4-5,8-11,13-17H2,1-2H3. The van der Waals surface area contributed by atoms with E-state index < -0.39 is 0 Å². The predicted octanol–water partition coefficient (Wildman–Crippen LogP) is 4.81. The molecule has 2 unspecified atom stereocenters. The second-order valence-corrected chi connectivity index (χ2v) is 9.99. The number of methoxy groups -OCH3 is 1. The minimum atomic E-state index is 0.0859. The first kappa shape index (κ1) is 20.2. The van der Waals surface area contributed by atoms with E-state index >= 15 is 0 Å². The average Bonchev–Trinajstić information content (AvgIpc) is 3.36. The summed E-state index contributed by atoms with van der Waals surface area (Å²) in [5.74, 6) is 2.31. The lowest BCUT2D eigenvalue weighted by Crippen LogP contribution is -2.49. The SMILES string of the molecule is COC1=C(CNC(C)CC2(c3ccccn3)CCOC3(CCCC3)C2)SCC1. The molecule has 0 bridgehead atoms. The van der Waals surface area contributed by atoms with Crippen molar-refractivity contribution < 1.29 is 9.47 Å². The summed E-state index contributed by atoms with van der Waals surface area (Å²) in [5, 5.41) is 3.78. The number of rotatable bonds is 7. The lowest BCUT2D eigenvalue weighted by atomic mass is 9.66. The molecule has 4 rings (SSSR count). The molecule has 1 aromatic heterocycles. The topological polar surface area (TPSA) is 43.4 Å². The summed E-state index contributed by atoms with van der Waals surface area (Å²) in [4.78, 5) is 6.20. The summed E-state index contributed by atoms with van der Waals surface area (Å²) in [6.45, 7) is 4.10. The van der Waals surface area contributed by atoms with Crippen molar-refractivity contribution in [2.75, 3.05) is 26.0 Å². The molecule has 2 aliphatic heterocycles. The Morgan fingerprint density at radius 3 is 2.89 bits per heavy atom. The molecule has 1 saturated carbocycles. The molecule has 1 saturated heterocycles. The van der Waals surface area contributed by atoms with Gasteiger partial charge < -0.3 is 14.8 Å². The predicted molar refractivity (Wildman–Crippen MR) is 115 cm³/mol. The highest BCUT2D eigenvalue weighted by Gasteiger charge is 2.49. The van der Waals surface area contributed by atoms with Crippen molar-refractivity contribution in [2.24, 2.45) is 0 Å². The van der Waals surface area contributed by atoms with E-state index in [2.05, 4.69) is 24.4 Å². The average molecular weight is 403 g/mol. The van der Waals surface area contributed by atoms with Gasteiger partial charge in [0, 0.05) is 53.6 Å². The third-order valence-electron chi connectivity index (χ3n) is 6.84. The van der Waals surface area contributed by atoms with Crippen molar-refractivity contribution in [3.63, 3.8) is 0 Å². The molecule has 5 heteroatoms. The fraction of sp³-hybridized carbons (Fsp3) is 0.696. The Bertz CT molecular complexity index is 687. The van der Waals surface area contributed by atoms with Gasteiger partial charge in [-0.3, -0.25) is 4.98 Å². The van der Waals surface area contributed by atoms with E-state index in [4.69, 9.17) is 14.5 Å². The van der Waals surface area contributed by atoms with Crippen LogP contribution in [-0.4, -0.2) is 42.6 Å². The molecule has 2 fully saturated rings. The summed E-state index contributed by atoms with van der Waals surface area (Å²) in [6, 6.07) is 6.83. The highest BCUT2D eigenvalue weighted by molar-refractivity contribution is 8.03. The molecule has 0 radical (unpaired) electrons. The van der Waals surface area contributed by atoms with Gasteiger partial charge in [0.1, 0.15) is 5.76 Å². The van der Waals surface area contributed by atoms with Gasteiger partial charge in [-0.1, -0.05) is 18.9 Å². The monoisotopic (exact) mass is 402 g/mol. The van der Waals surface area contributed by atoms with Crippen molar-refractivity contribution in [1.29, 1.82) is 0 Å². The van der Waals surface area contributed by atoms with Crippen LogP contribution in [0.4, 0.5) is 0 Å². The quantitative estimate of drug-likeness (QED) is 0.709. The van der Waals surface area contributed by atoms with E-state index in [-0.39, 0.29) is 11.0 Å². The second-order valence-electron chi connectivity index (χ2n) is 8.80. The van der Waals surface area contributed by atoms with Gasteiger partial charge in [-0.25, -0.2) is 0 Å². The molecule has 3 heterocycles. The van der Waals surface area contributed by atoms with Crippen LogP contribution in [0.3, 0.4) is 0 Å². The maximum Gasteiger partial charge on any atom is 0.107 e. The van der Waals surface area contributed by atoms with Crippen LogP contribution in [-0.2, 0) is 14.9 Å². The van der Waals surface area contributed by atoms with E-state index in [1.54, 1.807) is 7.11 Å². The molecule has 154 valence electrons. The molecule has 1 spiro atoms. The molecular weight excluding hydrogens is 368 g/mol. The summed E-state index contributed by atoms with van der Waals surface area (Å²) in [7, 11) is 1.80. The van der Waals surface area contributed by atoms with Crippen molar-refractivity contribution >= 4 is 11.8 Å². The second kappa shape index (κ2) is 8.76. The van der Waals surface area contributed by atoms with E-state index in [9.17, 15) is 0 Å². The zero-order valence-corrected chi connectivity index (χ0v) is 18.2. The van der Waals surface area contributed by atoms with E-state index in [1.165, 1.54) is 42.0 Å². The van der Waals surface area contributed by atoms with Crippen LogP contribution in [0.2, 0.25) is 0 Å². The number of pyridine rings is 1. The molecule has 4 nitrogen and oxygen atoms in total. The van der Waals surface area contributed by atoms with Gasteiger partial charge >= 0.3 is 0 Å². The van der Waals surface area contributed by atoms with Crippen LogP contribution < -0.4 is 5.32 Å². The largest absolute Gasteiger partial charge is 0.500 e. The number of aromatic nitrogens is 1. The Labute approximate surface area is 173 Å². The van der Waals surface area contributed by atoms with Crippen LogP contribution in [0.15, 0.2) is 35.1 Å². The van der Waals surface area contributed by atoms with Gasteiger partial charge in [-0.2, -0.15) is 0 Å². The van der Waals surface area contributed by atoms with Gasteiger partial charge in [0.05, 0.1) is 12.7 Å². The van der Waals surface area contributed by atoms with Gasteiger partial charge in [0.15, 0.2) is 0 Å². The van der Waals surface area contributed by atoms with E-state index in [0.29, 0.717) is 6.04 Å². The summed E-state index contributed by atoms with van der Waals surface area (Å²) < 4.78 is 11.9. The van der Waals surface area contributed by atoms with Crippen LogP contribution in [0.1, 0.15) is 64.0 Å². The first-order chi connectivity index (χ1) is 13.6. The highest BCUT2D eigenvalue weighted by atomic mass is 32.2. The van der Waals surface area contributed by atoms with Crippen molar-refractivity contribution in [3.8, 4) is 0 Å². The lowest BCUT2D eigenvalue weighted by Gasteiger charge is -2.47. The first-order valence-corrected chi connectivity index (χ1v) is 11.8. The molecule has 28 heavy (non-hydrogen) atoms. The minimum Gasteiger partial charge on any atom is -0.500 e. The molecular formula is C23H34N2O2S. The first-order valence-electron chi connectivity index (χ1n) is 10.8. The van der Waals surface area contributed by atoms with Crippen LogP contribution in [0.5, 0.6) is 0 Å². The highest BCUT2D eigenvalue weighted by Crippen LogP contribution is 2.50. The third kappa shape index (κ3) is 4.27. The zero-order chi connectivity index (χ0) is 19.5. The Kier molecular flexibility index (Phi) is 6.34. The van der Waals surface area contributed by atoms with Crippen LogP contribution in [0.25, 0.3) is 0 Å². The molecule has 0 amide bonds. The van der Waals surface area contributed by atoms with Crippen molar-refractivity contribution in [1.82, 2.24) is 10.3 Å². The van der Waals surface area contributed by atoms with Crippen LogP contribution in [0, 0.1) is 0 Å².